The van der Waals surface area contributed by atoms with E-state index in [4.69, 9.17) is 4.74 Å². The summed E-state index contributed by atoms with van der Waals surface area (Å²) in [7, 11) is 1.70. The molecule has 0 unspecified atom stereocenters. The van der Waals surface area contributed by atoms with Crippen molar-refractivity contribution in [1.29, 1.82) is 0 Å². The minimum Gasteiger partial charge on any atom is -0.497 e. The van der Waals surface area contributed by atoms with Gasteiger partial charge in [-0.25, -0.2) is 0 Å². The highest BCUT2D eigenvalue weighted by molar-refractivity contribution is 8.00. The highest BCUT2D eigenvalue weighted by Crippen LogP contribution is 2.47. The maximum atomic E-state index is 11.5. The second-order valence-electron chi connectivity index (χ2n) is 10.4. The molecule has 1 saturated carbocycles. The summed E-state index contributed by atoms with van der Waals surface area (Å²) >= 11 is 1.92. The van der Waals surface area contributed by atoms with Crippen LogP contribution >= 0.6 is 11.8 Å². The minimum absolute atomic E-state index is 0.138. The molecule has 5 rings (SSSR count). The number of hydrogen-bond acceptors (Lipinski definition) is 6. The topological polar surface area (TPSA) is 58.9 Å². The molecule has 0 bridgehead atoms. The fourth-order valence-corrected chi connectivity index (χ4v) is 7.38. The van der Waals surface area contributed by atoms with Crippen LogP contribution < -0.4 is 9.64 Å². The fraction of sp³-hybridized carbons (Fsp3) is 0.419. The summed E-state index contributed by atoms with van der Waals surface area (Å²) in [5.41, 5.74) is 2.23. The Morgan fingerprint density at radius 2 is 1.68 bits per heavy atom. The summed E-state index contributed by atoms with van der Waals surface area (Å²) < 4.78 is 5.41. The van der Waals surface area contributed by atoms with Crippen molar-refractivity contribution in [3.63, 3.8) is 0 Å². The van der Waals surface area contributed by atoms with Gasteiger partial charge in [-0.1, -0.05) is 61.4 Å². The van der Waals surface area contributed by atoms with Crippen LogP contribution in [0, 0.1) is 10.1 Å². The van der Waals surface area contributed by atoms with Gasteiger partial charge in [0, 0.05) is 48.4 Å². The molecule has 200 valence electrons. The maximum absolute atomic E-state index is 11.5. The summed E-state index contributed by atoms with van der Waals surface area (Å²) in [6.45, 7) is 2.73. The first-order chi connectivity index (χ1) is 18.6. The van der Waals surface area contributed by atoms with E-state index < -0.39 is 0 Å². The van der Waals surface area contributed by atoms with Gasteiger partial charge >= 0.3 is 0 Å². The van der Waals surface area contributed by atoms with E-state index >= 15 is 0 Å². The summed E-state index contributed by atoms with van der Waals surface area (Å²) in [5, 5.41) is 11.5. The number of thioether (sulfide) groups is 1. The standard InChI is InChI=1S/C31H37N3O3S/c1-37-29-15-17-30(18-16-29)38-31(19-21-32(22-20-31)26-10-4-2-5-11-26)33(27-12-6-3-7-13-27)24-25-9-8-14-28(23-25)34(35)36/h3,6-9,12-18,23,26H,2,4-5,10-11,19-22,24H2,1H3. The van der Waals surface area contributed by atoms with E-state index in [-0.39, 0.29) is 15.5 Å². The molecule has 1 aliphatic heterocycles. The number of para-hydroxylation sites is 1. The Kier molecular flexibility index (Phi) is 8.55. The Labute approximate surface area is 230 Å². The monoisotopic (exact) mass is 531 g/mol. The lowest BCUT2D eigenvalue weighted by atomic mass is 9.91. The van der Waals surface area contributed by atoms with Crippen LogP contribution in [-0.2, 0) is 6.54 Å². The van der Waals surface area contributed by atoms with E-state index in [1.807, 2.05) is 36.0 Å². The van der Waals surface area contributed by atoms with Gasteiger partial charge < -0.3 is 14.5 Å². The average Bonchev–Trinajstić information content (AvgIpc) is 2.98. The molecule has 1 heterocycles. The fourth-order valence-electron chi connectivity index (χ4n) is 6.00. The van der Waals surface area contributed by atoms with Gasteiger partial charge in [0.05, 0.1) is 16.9 Å². The van der Waals surface area contributed by atoms with Gasteiger partial charge in [0.1, 0.15) is 5.75 Å². The number of rotatable bonds is 9. The van der Waals surface area contributed by atoms with Gasteiger partial charge in [-0.2, -0.15) is 0 Å². The Bertz CT molecular complexity index is 1190. The van der Waals surface area contributed by atoms with E-state index in [9.17, 15) is 10.1 Å². The second-order valence-corrected chi connectivity index (χ2v) is 11.8. The van der Waals surface area contributed by atoms with Crippen molar-refractivity contribution in [1.82, 2.24) is 4.90 Å². The number of methoxy groups -OCH3 is 1. The normalized spacial score (nSPS) is 18.1. The van der Waals surface area contributed by atoms with Gasteiger partial charge in [0.15, 0.2) is 0 Å². The molecule has 3 aromatic carbocycles. The molecule has 7 heteroatoms. The van der Waals surface area contributed by atoms with Crippen molar-refractivity contribution >= 4 is 23.1 Å². The number of nitro benzene ring substituents is 1. The maximum Gasteiger partial charge on any atom is 0.269 e. The summed E-state index contributed by atoms with van der Waals surface area (Å²) in [6, 6.07) is 26.7. The lowest BCUT2D eigenvalue weighted by Gasteiger charge is -2.51. The van der Waals surface area contributed by atoms with Crippen molar-refractivity contribution < 1.29 is 9.66 Å². The summed E-state index contributed by atoms with van der Waals surface area (Å²) in [4.78, 5) is 17.5. The SMILES string of the molecule is COc1ccc(SC2(N(Cc3cccc([N+](=O)[O-])c3)c3ccccc3)CCN(C3CCCCC3)CC2)cc1. The zero-order chi connectivity index (χ0) is 26.4. The van der Waals surface area contributed by atoms with Crippen LogP contribution in [0.15, 0.2) is 83.8 Å². The molecule has 0 N–H and O–H groups in total. The highest BCUT2D eigenvalue weighted by Gasteiger charge is 2.42. The number of non-ortho nitro benzene ring substituents is 1. The number of piperidine rings is 1. The van der Waals surface area contributed by atoms with Gasteiger partial charge in [0.25, 0.3) is 5.69 Å². The van der Waals surface area contributed by atoms with Crippen molar-refractivity contribution in [2.45, 2.75) is 67.3 Å². The lowest BCUT2D eigenvalue weighted by molar-refractivity contribution is -0.384. The Morgan fingerprint density at radius 3 is 2.34 bits per heavy atom. The molecule has 1 aliphatic carbocycles. The van der Waals surface area contributed by atoms with E-state index in [2.05, 4.69) is 46.2 Å². The van der Waals surface area contributed by atoms with Crippen LogP contribution in [-0.4, -0.2) is 40.9 Å². The number of anilines is 1. The van der Waals surface area contributed by atoms with Crippen molar-refractivity contribution in [3.05, 3.63) is 94.5 Å². The van der Waals surface area contributed by atoms with Gasteiger partial charge in [-0.05, 0) is 67.6 Å². The second kappa shape index (κ2) is 12.2. The molecule has 0 spiro atoms. The zero-order valence-corrected chi connectivity index (χ0v) is 22.9. The summed E-state index contributed by atoms with van der Waals surface area (Å²) in [6.07, 6.45) is 8.72. The van der Waals surface area contributed by atoms with Gasteiger partial charge in [-0.15, -0.1) is 0 Å². The molecule has 0 atom stereocenters. The first kappa shape index (κ1) is 26.6. The van der Waals surface area contributed by atoms with E-state index in [0.717, 1.165) is 42.9 Å². The van der Waals surface area contributed by atoms with Crippen molar-refractivity contribution in [2.75, 3.05) is 25.1 Å². The first-order valence-electron chi connectivity index (χ1n) is 13.7. The van der Waals surface area contributed by atoms with Crippen LogP contribution in [0.3, 0.4) is 0 Å². The first-order valence-corrected chi connectivity index (χ1v) is 14.5. The number of ether oxygens (including phenoxy) is 1. The quantitative estimate of drug-likeness (QED) is 0.162. The molecule has 0 radical (unpaired) electrons. The zero-order valence-electron chi connectivity index (χ0n) is 22.1. The highest BCUT2D eigenvalue weighted by atomic mass is 32.2. The van der Waals surface area contributed by atoms with Crippen LogP contribution in [0.2, 0.25) is 0 Å². The predicted octanol–water partition coefficient (Wildman–Crippen LogP) is 7.53. The van der Waals surface area contributed by atoms with Gasteiger partial charge in [-0.3, -0.25) is 10.1 Å². The molecular weight excluding hydrogens is 494 g/mol. The number of nitro groups is 1. The van der Waals surface area contributed by atoms with Crippen LogP contribution in [0.5, 0.6) is 5.75 Å². The van der Waals surface area contributed by atoms with Gasteiger partial charge in [0.2, 0.25) is 0 Å². The number of benzene rings is 3. The van der Waals surface area contributed by atoms with E-state index in [0.29, 0.717) is 12.6 Å². The average molecular weight is 532 g/mol. The molecule has 0 aromatic heterocycles. The third-order valence-corrected chi connectivity index (χ3v) is 9.58. The van der Waals surface area contributed by atoms with E-state index in [1.54, 1.807) is 25.3 Å². The predicted molar refractivity (Wildman–Crippen MR) is 155 cm³/mol. The van der Waals surface area contributed by atoms with Crippen LogP contribution in [0.1, 0.15) is 50.5 Å². The Morgan fingerprint density at radius 1 is 0.974 bits per heavy atom. The molecule has 6 nitrogen and oxygen atoms in total. The molecule has 2 aliphatic rings. The smallest absolute Gasteiger partial charge is 0.269 e. The number of nitrogens with zero attached hydrogens (tertiary/aromatic N) is 3. The van der Waals surface area contributed by atoms with E-state index in [1.165, 1.54) is 37.0 Å². The largest absolute Gasteiger partial charge is 0.497 e. The molecule has 38 heavy (non-hydrogen) atoms. The molecule has 2 fully saturated rings. The minimum atomic E-state index is -0.305. The number of hydrogen-bond donors (Lipinski definition) is 0. The Balaban J connectivity index is 1.50. The molecule has 3 aromatic rings. The number of likely N-dealkylation sites (tertiary alicyclic amines) is 1. The molecular formula is C31H37N3O3S. The van der Waals surface area contributed by atoms with Crippen molar-refractivity contribution in [2.24, 2.45) is 0 Å². The van der Waals surface area contributed by atoms with Crippen molar-refractivity contribution in [3.8, 4) is 5.75 Å². The lowest BCUT2D eigenvalue weighted by Crippen LogP contribution is -2.55. The molecule has 0 amide bonds. The Hall–Kier alpha value is -3.03. The molecule has 1 saturated heterocycles. The van der Waals surface area contributed by atoms with Crippen LogP contribution in [0.25, 0.3) is 0 Å². The van der Waals surface area contributed by atoms with Crippen LogP contribution in [0.4, 0.5) is 11.4 Å². The third kappa shape index (κ3) is 6.16. The summed E-state index contributed by atoms with van der Waals surface area (Å²) in [5.74, 6) is 0.854. The third-order valence-electron chi connectivity index (χ3n) is 8.06.